The molecule has 0 aliphatic heterocycles. The van der Waals surface area contributed by atoms with Crippen molar-refractivity contribution in [3.63, 3.8) is 0 Å². The van der Waals surface area contributed by atoms with Crippen LogP contribution < -0.4 is 16.0 Å². The van der Waals surface area contributed by atoms with Crippen LogP contribution in [0.1, 0.15) is 26.7 Å². The maximum atomic E-state index is 13.7. The molecule has 5 aromatic carbocycles. The number of nitrogens with one attached hydrogen (secondary N) is 4. The Labute approximate surface area is 285 Å². The van der Waals surface area contributed by atoms with E-state index in [1.165, 1.54) is 30.0 Å². The Morgan fingerprint density at radius 3 is 2.25 bits per heavy atom. The van der Waals surface area contributed by atoms with Crippen LogP contribution in [0.15, 0.2) is 144 Å². The molecule has 1 unspecified atom stereocenters. The van der Waals surface area contributed by atoms with Gasteiger partial charge in [-0.05, 0) is 66.2 Å². The van der Waals surface area contributed by atoms with Crippen molar-refractivity contribution in [1.82, 2.24) is 10.3 Å². The molecule has 6 aromatic rings. The van der Waals surface area contributed by atoms with E-state index in [1.54, 1.807) is 54.7 Å². The smallest absolute Gasteiger partial charge is 0.272 e. The molecule has 6 rings (SSSR count). The molecule has 48 heavy (non-hydrogen) atoms. The van der Waals surface area contributed by atoms with Crippen LogP contribution in [-0.2, 0) is 9.59 Å². The number of carbonyl (C=O) groups excluding carboxylic acids is 3. The van der Waals surface area contributed by atoms with Crippen LogP contribution in [0.3, 0.4) is 0 Å². The van der Waals surface area contributed by atoms with Crippen LogP contribution in [0, 0.1) is 5.82 Å². The minimum absolute atomic E-state index is 0.0474. The van der Waals surface area contributed by atoms with Gasteiger partial charge < -0.3 is 20.9 Å². The molecule has 0 saturated heterocycles. The van der Waals surface area contributed by atoms with Gasteiger partial charge in [-0.2, -0.15) is 0 Å². The van der Waals surface area contributed by atoms with E-state index in [1.807, 2.05) is 66.7 Å². The fourth-order valence-corrected chi connectivity index (χ4v) is 6.24. The second kappa shape index (κ2) is 14.8. The fraction of sp³-hybridized carbons (Fsp3) is 0.0263. The summed E-state index contributed by atoms with van der Waals surface area (Å²) in [7, 11) is 0. The number of hydrogen-bond donors (Lipinski definition) is 4. The Bertz CT molecular complexity index is 2140. The summed E-state index contributed by atoms with van der Waals surface area (Å²) in [5.41, 5.74) is 3.64. The number of aromatic amines is 1. The average Bonchev–Trinajstić information content (AvgIpc) is 3.52. The minimum Gasteiger partial charge on any atom is -0.361 e. The largest absolute Gasteiger partial charge is 0.361 e. The number of amides is 3. The van der Waals surface area contributed by atoms with Crippen molar-refractivity contribution >= 4 is 69.4 Å². The maximum Gasteiger partial charge on any atom is 0.272 e. The highest BCUT2D eigenvalue weighted by Gasteiger charge is 2.23. The molecule has 7 nitrogen and oxygen atoms in total. The Hall–Kier alpha value is -5.64. The van der Waals surface area contributed by atoms with Crippen LogP contribution in [0.25, 0.3) is 17.0 Å². The van der Waals surface area contributed by atoms with Gasteiger partial charge >= 0.3 is 0 Å². The van der Waals surface area contributed by atoms with Crippen molar-refractivity contribution in [3.05, 3.63) is 167 Å². The zero-order chi connectivity index (χ0) is 33.5. The zero-order valence-corrected chi connectivity index (χ0v) is 26.8. The van der Waals surface area contributed by atoms with Gasteiger partial charge in [-0.15, -0.1) is 11.8 Å². The third kappa shape index (κ3) is 7.83. The first-order valence-corrected chi connectivity index (χ1v) is 16.1. The Kier molecular flexibility index (Phi) is 9.99. The van der Waals surface area contributed by atoms with Crippen LogP contribution >= 0.6 is 23.4 Å². The van der Waals surface area contributed by atoms with E-state index in [4.69, 9.17) is 11.6 Å². The molecule has 0 spiro atoms. The average molecular weight is 675 g/mol. The monoisotopic (exact) mass is 674 g/mol. The van der Waals surface area contributed by atoms with Gasteiger partial charge in [0.2, 0.25) is 5.91 Å². The molecular weight excluding hydrogens is 647 g/mol. The summed E-state index contributed by atoms with van der Waals surface area (Å²) in [6.45, 7) is 0. The topological polar surface area (TPSA) is 103 Å². The second-order valence-electron chi connectivity index (χ2n) is 10.7. The Morgan fingerprint density at radius 2 is 1.48 bits per heavy atom. The quantitative estimate of drug-likeness (QED) is 0.0861. The van der Waals surface area contributed by atoms with E-state index in [2.05, 4.69) is 20.9 Å². The van der Waals surface area contributed by atoms with E-state index >= 15 is 0 Å². The SMILES string of the molecule is O=C(Nc1cccc(SC(C(=O)Nc2ccc(F)c(Cl)c2)c2ccccc2)c1)/C(=C/c1c[nH]c2ccccc12)NC(=O)c1ccccc1. The van der Waals surface area contributed by atoms with Crippen molar-refractivity contribution in [2.45, 2.75) is 10.1 Å². The normalized spacial score (nSPS) is 11.9. The molecule has 4 N–H and O–H groups in total. The molecule has 1 aromatic heterocycles. The van der Waals surface area contributed by atoms with Gasteiger partial charge in [-0.3, -0.25) is 14.4 Å². The van der Waals surface area contributed by atoms with Crippen LogP contribution in [-0.4, -0.2) is 22.7 Å². The number of hydrogen-bond acceptors (Lipinski definition) is 4. The number of fused-ring (bicyclic) bond motifs is 1. The Morgan fingerprint density at radius 1 is 0.771 bits per heavy atom. The number of halogens is 2. The molecule has 3 amide bonds. The first-order valence-electron chi connectivity index (χ1n) is 14.9. The number of rotatable bonds is 10. The molecule has 0 saturated carbocycles. The fourth-order valence-electron chi connectivity index (χ4n) is 4.98. The van der Waals surface area contributed by atoms with Crippen molar-refractivity contribution in [3.8, 4) is 0 Å². The van der Waals surface area contributed by atoms with E-state index in [9.17, 15) is 18.8 Å². The molecule has 0 radical (unpaired) electrons. The predicted octanol–water partition coefficient (Wildman–Crippen LogP) is 8.84. The first-order chi connectivity index (χ1) is 23.3. The molecule has 1 heterocycles. The number of benzene rings is 5. The highest BCUT2D eigenvalue weighted by Crippen LogP contribution is 2.37. The predicted molar refractivity (Wildman–Crippen MR) is 190 cm³/mol. The molecule has 0 fully saturated rings. The number of carbonyl (C=O) groups is 3. The lowest BCUT2D eigenvalue weighted by Crippen LogP contribution is -2.30. The van der Waals surface area contributed by atoms with Crippen molar-refractivity contribution in [1.29, 1.82) is 0 Å². The summed E-state index contributed by atoms with van der Waals surface area (Å²) in [5.74, 6) is -1.88. The number of H-pyrrole nitrogens is 1. The van der Waals surface area contributed by atoms with E-state index in [0.29, 0.717) is 21.8 Å². The molecular formula is C38H28ClFN4O3S. The van der Waals surface area contributed by atoms with Gasteiger partial charge in [-0.1, -0.05) is 84.4 Å². The van der Waals surface area contributed by atoms with Gasteiger partial charge in [0.1, 0.15) is 16.8 Å². The Balaban J connectivity index is 1.25. The van der Waals surface area contributed by atoms with Gasteiger partial charge in [0.15, 0.2) is 0 Å². The summed E-state index contributed by atoms with van der Waals surface area (Å²) < 4.78 is 13.7. The minimum atomic E-state index is -0.691. The third-order valence-electron chi connectivity index (χ3n) is 7.32. The molecule has 10 heteroatoms. The van der Waals surface area contributed by atoms with E-state index < -0.39 is 22.9 Å². The summed E-state index contributed by atoms with van der Waals surface area (Å²) >= 11 is 7.21. The lowest BCUT2D eigenvalue weighted by atomic mass is 10.1. The maximum absolute atomic E-state index is 13.7. The molecule has 238 valence electrons. The van der Waals surface area contributed by atoms with Crippen molar-refractivity contribution < 1.29 is 18.8 Å². The van der Waals surface area contributed by atoms with Gasteiger partial charge in [0, 0.05) is 44.5 Å². The number of anilines is 2. The number of para-hydroxylation sites is 1. The van der Waals surface area contributed by atoms with Crippen molar-refractivity contribution in [2.75, 3.05) is 10.6 Å². The molecule has 0 bridgehead atoms. The highest BCUT2D eigenvalue weighted by molar-refractivity contribution is 8.00. The van der Waals surface area contributed by atoms with Gasteiger partial charge in [0.05, 0.1) is 5.02 Å². The summed E-state index contributed by atoms with van der Waals surface area (Å²) in [6.07, 6.45) is 3.41. The molecule has 0 aliphatic rings. The summed E-state index contributed by atoms with van der Waals surface area (Å²) in [6, 6.07) is 36.6. The van der Waals surface area contributed by atoms with Crippen molar-refractivity contribution in [2.24, 2.45) is 0 Å². The zero-order valence-electron chi connectivity index (χ0n) is 25.2. The van der Waals surface area contributed by atoms with Gasteiger partial charge in [0.25, 0.3) is 11.8 Å². The number of aromatic nitrogens is 1. The molecule has 0 aliphatic carbocycles. The van der Waals surface area contributed by atoms with E-state index in [0.717, 1.165) is 22.0 Å². The van der Waals surface area contributed by atoms with Gasteiger partial charge in [-0.25, -0.2) is 4.39 Å². The number of thioether (sulfide) groups is 1. The summed E-state index contributed by atoms with van der Waals surface area (Å²) in [4.78, 5) is 44.3. The van der Waals surface area contributed by atoms with Crippen LogP contribution in [0.5, 0.6) is 0 Å². The standard InChI is InChI=1S/C38H28ClFN4O3S/c39-31-22-28(18-19-32(31)40)43-38(47)35(24-10-3-1-4-11-24)48-29-15-9-14-27(21-29)42-37(46)34(44-36(45)25-12-5-2-6-13-25)20-26-23-41-33-17-8-7-16-30(26)33/h1-23,35,41H,(H,42,46)(H,43,47)(H,44,45)/b34-20-. The van der Waals surface area contributed by atoms with Crippen LogP contribution in [0.4, 0.5) is 15.8 Å². The first kappa shape index (κ1) is 32.3. The third-order valence-corrected chi connectivity index (χ3v) is 8.86. The summed E-state index contributed by atoms with van der Waals surface area (Å²) in [5, 5.41) is 8.60. The van der Waals surface area contributed by atoms with Crippen LogP contribution in [0.2, 0.25) is 5.02 Å². The lowest BCUT2D eigenvalue weighted by molar-refractivity contribution is -0.116. The lowest BCUT2D eigenvalue weighted by Gasteiger charge is -2.18. The highest BCUT2D eigenvalue weighted by atomic mass is 35.5. The second-order valence-corrected chi connectivity index (χ2v) is 12.3. The molecule has 1 atom stereocenters. The van der Waals surface area contributed by atoms with E-state index in [-0.39, 0.29) is 16.6 Å².